The Bertz CT molecular complexity index is 791. The van der Waals surface area contributed by atoms with Crippen molar-refractivity contribution >= 4 is 23.2 Å². The Morgan fingerprint density at radius 3 is 2.96 bits per heavy atom. The molecular formula is C20H25N3O3S. The monoisotopic (exact) mass is 387 g/mol. The van der Waals surface area contributed by atoms with Gasteiger partial charge in [0.1, 0.15) is 10.8 Å². The quantitative estimate of drug-likeness (QED) is 0.765. The molecule has 1 saturated heterocycles. The predicted octanol–water partition coefficient (Wildman–Crippen LogP) is 2.90. The number of carbonyl (C=O) groups excluding carboxylic acids is 2. The molecule has 0 radical (unpaired) electrons. The van der Waals surface area contributed by atoms with Gasteiger partial charge in [0.15, 0.2) is 0 Å². The highest BCUT2D eigenvalue weighted by Crippen LogP contribution is 2.30. The van der Waals surface area contributed by atoms with Crippen LogP contribution in [0.3, 0.4) is 0 Å². The van der Waals surface area contributed by atoms with Gasteiger partial charge < -0.3 is 15.1 Å². The Labute approximate surface area is 162 Å². The number of hydrogen-bond donors (Lipinski definition) is 2. The third-order valence-corrected chi connectivity index (χ3v) is 6.64. The Kier molecular flexibility index (Phi) is 5.29. The summed E-state index contributed by atoms with van der Waals surface area (Å²) in [7, 11) is 0. The van der Waals surface area contributed by atoms with E-state index in [2.05, 4.69) is 15.6 Å². The van der Waals surface area contributed by atoms with E-state index in [0.717, 1.165) is 30.0 Å². The number of amides is 2. The van der Waals surface area contributed by atoms with Crippen molar-refractivity contribution in [3.63, 3.8) is 0 Å². The molecule has 2 N–H and O–H groups in total. The molecular weight excluding hydrogens is 362 g/mol. The van der Waals surface area contributed by atoms with E-state index in [4.69, 9.17) is 4.42 Å². The molecule has 2 aliphatic rings. The van der Waals surface area contributed by atoms with Crippen LogP contribution in [0.5, 0.6) is 0 Å². The Morgan fingerprint density at radius 1 is 1.33 bits per heavy atom. The highest BCUT2D eigenvalue weighted by molar-refractivity contribution is 7.11. The van der Waals surface area contributed by atoms with E-state index in [9.17, 15) is 9.59 Å². The average Bonchev–Trinajstić information content (AvgIpc) is 3.39. The van der Waals surface area contributed by atoms with Crippen LogP contribution >= 0.6 is 11.3 Å². The summed E-state index contributed by atoms with van der Waals surface area (Å²) in [4.78, 5) is 30.2. The van der Waals surface area contributed by atoms with Crippen molar-refractivity contribution in [1.29, 1.82) is 0 Å². The molecule has 1 fully saturated rings. The highest BCUT2D eigenvalue weighted by Gasteiger charge is 2.38. The number of fused-ring (bicyclic) bond motifs is 1. The lowest BCUT2D eigenvalue weighted by Gasteiger charge is -2.28. The number of thiazole rings is 1. The van der Waals surface area contributed by atoms with E-state index in [1.165, 1.54) is 23.4 Å². The third-order valence-electron chi connectivity index (χ3n) is 5.49. The molecule has 2 aromatic rings. The lowest BCUT2D eigenvalue weighted by atomic mass is 9.87. The summed E-state index contributed by atoms with van der Waals surface area (Å²) in [6, 6.07) is 3.76. The molecule has 7 heteroatoms. The molecule has 27 heavy (non-hydrogen) atoms. The minimum absolute atomic E-state index is 0.00291. The molecule has 1 aliphatic heterocycles. The van der Waals surface area contributed by atoms with E-state index in [-0.39, 0.29) is 17.4 Å². The van der Waals surface area contributed by atoms with E-state index in [1.807, 2.05) is 12.1 Å². The zero-order valence-corrected chi connectivity index (χ0v) is 16.2. The van der Waals surface area contributed by atoms with Gasteiger partial charge in [-0.3, -0.25) is 9.59 Å². The van der Waals surface area contributed by atoms with Gasteiger partial charge in [0, 0.05) is 29.7 Å². The Morgan fingerprint density at radius 2 is 2.22 bits per heavy atom. The molecule has 3 heterocycles. The van der Waals surface area contributed by atoms with Gasteiger partial charge in [-0.1, -0.05) is 0 Å². The summed E-state index contributed by atoms with van der Waals surface area (Å²) < 4.78 is 5.45. The summed E-state index contributed by atoms with van der Waals surface area (Å²) in [6.45, 7) is 0.494. The lowest BCUT2D eigenvalue weighted by Crippen LogP contribution is -2.44. The molecule has 1 aliphatic carbocycles. The first-order chi connectivity index (χ1) is 13.1. The first-order valence-electron chi connectivity index (χ1n) is 9.69. The molecule has 6 nitrogen and oxygen atoms in total. The topological polar surface area (TPSA) is 84.2 Å². The van der Waals surface area contributed by atoms with E-state index >= 15 is 0 Å². The maximum absolute atomic E-state index is 12.4. The van der Waals surface area contributed by atoms with Gasteiger partial charge in [-0.05, 0) is 50.7 Å². The van der Waals surface area contributed by atoms with Crippen molar-refractivity contribution in [3.05, 3.63) is 39.7 Å². The molecule has 0 aromatic carbocycles. The first-order valence-corrected chi connectivity index (χ1v) is 10.5. The first kappa shape index (κ1) is 18.2. The molecule has 0 unspecified atom stereocenters. The van der Waals surface area contributed by atoms with Gasteiger partial charge in [0.05, 0.1) is 18.5 Å². The van der Waals surface area contributed by atoms with Crippen LogP contribution in [0.15, 0.2) is 22.8 Å². The number of hydrogen-bond acceptors (Lipinski definition) is 5. The normalized spacial score (nSPS) is 21.7. The van der Waals surface area contributed by atoms with Gasteiger partial charge in [0.25, 0.3) is 0 Å². The summed E-state index contributed by atoms with van der Waals surface area (Å²) >= 11 is 1.73. The number of nitrogens with zero attached hydrogens (tertiary/aromatic N) is 1. The molecule has 2 amide bonds. The second-order valence-electron chi connectivity index (χ2n) is 7.55. The van der Waals surface area contributed by atoms with Crippen LogP contribution in [-0.4, -0.2) is 22.3 Å². The van der Waals surface area contributed by atoms with Gasteiger partial charge in [-0.15, -0.1) is 11.3 Å². The van der Waals surface area contributed by atoms with Crippen molar-refractivity contribution < 1.29 is 14.0 Å². The van der Waals surface area contributed by atoms with Gasteiger partial charge in [-0.2, -0.15) is 0 Å². The minimum atomic E-state index is -0.382. The van der Waals surface area contributed by atoms with Gasteiger partial charge in [0.2, 0.25) is 11.8 Å². The van der Waals surface area contributed by atoms with Crippen molar-refractivity contribution in [3.8, 4) is 0 Å². The van der Waals surface area contributed by atoms with Crippen LogP contribution in [0.4, 0.5) is 0 Å². The molecule has 1 atom stereocenters. The average molecular weight is 388 g/mol. The fourth-order valence-electron chi connectivity index (χ4n) is 4.03. The van der Waals surface area contributed by atoms with Gasteiger partial charge in [-0.25, -0.2) is 4.98 Å². The summed E-state index contributed by atoms with van der Waals surface area (Å²) in [5.41, 5.74) is 0.841. The maximum Gasteiger partial charge on any atom is 0.220 e. The van der Waals surface area contributed by atoms with E-state index in [0.29, 0.717) is 32.2 Å². The molecule has 144 valence electrons. The van der Waals surface area contributed by atoms with Crippen LogP contribution in [0.25, 0.3) is 0 Å². The fraction of sp³-hybridized carbons (Fsp3) is 0.550. The number of rotatable bonds is 7. The molecule has 0 spiro atoms. The van der Waals surface area contributed by atoms with Crippen LogP contribution in [0, 0.1) is 0 Å². The number of furan rings is 1. The number of aryl methyl sites for hydroxylation is 2. The second kappa shape index (κ2) is 7.84. The standard InChI is InChI=1S/C20H25N3O3S/c24-17(21-13-19-22-15-5-1-2-6-16(15)27-19)7-9-20(10-8-18(25)23-20)12-14-4-3-11-26-14/h3-4,11H,1-2,5-10,12-13H2,(H,21,24)(H,23,25)/t20-/m0/s1. The number of aromatic nitrogens is 1. The van der Waals surface area contributed by atoms with Crippen LogP contribution < -0.4 is 10.6 Å². The summed E-state index contributed by atoms with van der Waals surface area (Å²) in [5, 5.41) is 7.07. The fourth-order valence-corrected chi connectivity index (χ4v) is 5.12. The van der Waals surface area contributed by atoms with Crippen molar-refractivity contribution in [1.82, 2.24) is 15.6 Å². The van der Waals surface area contributed by atoms with Gasteiger partial charge >= 0.3 is 0 Å². The van der Waals surface area contributed by atoms with Crippen molar-refractivity contribution in [2.75, 3.05) is 0 Å². The Balaban J connectivity index is 1.30. The van der Waals surface area contributed by atoms with E-state index < -0.39 is 0 Å². The predicted molar refractivity (Wildman–Crippen MR) is 102 cm³/mol. The minimum Gasteiger partial charge on any atom is -0.469 e. The molecule has 0 saturated carbocycles. The summed E-state index contributed by atoms with van der Waals surface area (Å²) in [5.74, 6) is 0.893. The number of carbonyl (C=O) groups is 2. The number of nitrogens with one attached hydrogen (secondary N) is 2. The van der Waals surface area contributed by atoms with E-state index in [1.54, 1.807) is 17.6 Å². The Hall–Kier alpha value is -2.15. The van der Waals surface area contributed by atoms with Crippen molar-refractivity contribution in [2.24, 2.45) is 0 Å². The zero-order chi connectivity index (χ0) is 18.7. The smallest absolute Gasteiger partial charge is 0.220 e. The second-order valence-corrected chi connectivity index (χ2v) is 8.71. The SMILES string of the molecule is O=C(CC[C@@]1(Cc2ccco2)CCC(=O)N1)NCc1nc2c(s1)CCCC2. The zero-order valence-electron chi connectivity index (χ0n) is 15.4. The van der Waals surface area contributed by atoms with Crippen LogP contribution in [0.2, 0.25) is 0 Å². The highest BCUT2D eigenvalue weighted by atomic mass is 32.1. The largest absolute Gasteiger partial charge is 0.469 e. The lowest BCUT2D eigenvalue weighted by molar-refractivity contribution is -0.122. The summed E-state index contributed by atoms with van der Waals surface area (Å²) in [6.07, 6.45) is 9.14. The van der Waals surface area contributed by atoms with Crippen molar-refractivity contribution in [2.45, 2.75) is 69.9 Å². The van der Waals surface area contributed by atoms with Crippen LogP contribution in [-0.2, 0) is 35.4 Å². The molecule has 0 bridgehead atoms. The maximum atomic E-state index is 12.4. The molecule has 4 rings (SSSR count). The molecule has 2 aromatic heterocycles. The van der Waals surface area contributed by atoms with Crippen LogP contribution in [0.1, 0.15) is 59.9 Å². The third kappa shape index (κ3) is 4.40.